The lowest BCUT2D eigenvalue weighted by Gasteiger charge is -2.35. The van der Waals surface area contributed by atoms with Crippen LogP contribution in [0.3, 0.4) is 0 Å². The summed E-state index contributed by atoms with van der Waals surface area (Å²) in [5.41, 5.74) is 1.82. The molecule has 0 aliphatic heterocycles. The SMILES string of the molecule is C=CC(C)CCC(C)C(C)CCC(C)CC1=CC(C2C=CC(C=C)CC2)CCC1CCC. The molecule has 0 amide bonds. The van der Waals surface area contributed by atoms with E-state index < -0.39 is 0 Å². The van der Waals surface area contributed by atoms with Crippen LogP contribution in [-0.4, -0.2) is 0 Å². The fourth-order valence-electron chi connectivity index (χ4n) is 6.00. The molecule has 8 unspecified atom stereocenters. The Bertz CT molecular complexity index is 608. The quantitative estimate of drug-likeness (QED) is 0.237. The van der Waals surface area contributed by atoms with Gasteiger partial charge in [-0.2, -0.15) is 0 Å². The third-order valence-electron chi connectivity index (χ3n) is 8.88. The van der Waals surface area contributed by atoms with Gasteiger partial charge in [-0.05, 0) is 98.7 Å². The molecule has 0 heterocycles. The van der Waals surface area contributed by atoms with Gasteiger partial charge < -0.3 is 0 Å². The highest BCUT2D eigenvalue weighted by Crippen LogP contribution is 2.41. The molecule has 0 saturated heterocycles. The first-order chi connectivity index (χ1) is 15.4. The smallest absolute Gasteiger partial charge is 0.00559 e. The van der Waals surface area contributed by atoms with Crippen molar-refractivity contribution >= 4 is 0 Å². The summed E-state index contributed by atoms with van der Waals surface area (Å²) in [5.74, 6) is 6.13. The normalized spacial score (nSPS) is 29.6. The zero-order valence-electron chi connectivity index (χ0n) is 22.2. The van der Waals surface area contributed by atoms with E-state index in [-0.39, 0.29) is 0 Å². The van der Waals surface area contributed by atoms with Crippen LogP contribution in [0.25, 0.3) is 0 Å². The number of allylic oxidation sites excluding steroid dienone is 6. The van der Waals surface area contributed by atoms with Gasteiger partial charge in [0.2, 0.25) is 0 Å². The predicted molar refractivity (Wildman–Crippen MR) is 145 cm³/mol. The van der Waals surface area contributed by atoms with E-state index in [1.807, 2.05) is 5.57 Å². The van der Waals surface area contributed by atoms with Crippen LogP contribution in [0.5, 0.6) is 0 Å². The van der Waals surface area contributed by atoms with Gasteiger partial charge in [0.15, 0.2) is 0 Å². The molecule has 2 aliphatic carbocycles. The molecule has 0 N–H and O–H groups in total. The largest absolute Gasteiger partial charge is 0.103 e. The number of hydrogen-bond donors (Lipinski definition) is 0. The van der Waals surface area contributed by atoms with Crippen LogP contribution in [0.4, 0.5) is 0 Å². The topological polar surface area (TPSA) is 0 Å². The van der Waals surface area contributed by atoms with Crippen molar-refractivity contribution in [2.24, 2.45) is 47.3 Å². The van der Waals surface area contributed by atoms with E-state index in [9.17, 15) is 0 Å². The minimum absolute atomic E-state index is 0.607. The van der Waals surface area contributed by atoms with Gasteiger partial charge in [-0.15, -0.1) is 13.2 Å². The minimum Gasteiger partial charge on any atom is -0.103 e. The Morgan fingerprint density at radius 1 is 0.875 bits per heavy atom. The molecule has 2 aliphatic rings. The van der Waals surface area contributed by atoms with E-state index in [0.717, 1.165) is 35.5 Å². The maximum absolute atomic E-state index is 3.99. The molecule has 0 radical (unpaired) electrons. The second-order valence-corrected chi connectivity index (χ2v) is 11.6. The second-order valence-electron chi connectivity index (χ2n) is 11.6. The third kappa shape index (κ3) is 8.72. The van der Waals surface area contributed by atoms with Crippen LogP contribution in [0.15, 0.2) is 49.1 Å². The van der Waals surface area contributed by atoms with Crippen molar-refractivity contribution in [1.82, 2.24) is 0 Å². The summed E-state index contributed by atoms with van der Waals surface area (Å²) in [6.07, 6.45) is 26.8. The molecule has 0 aromatic heterocycles. The molecular formula is C32H54. The monoisotopic (exact) mass is 438 g/mol. The van der Waals surface area contributed by atoms with E-state index in [1.54, 1.807) is 0 Å². The Kier molecular flexibility index (Phi) is 12.1. The first kappa shape index (κ1) is 27.2. The van der Waals surface area contributed by atoms with Crippen LogP contribution < -0.4 is 0 Å². The molecule has 32 heavy (non-hydrogen) atoms. The first-order valence-corrected chi connectivity index (χ1v) is 14.0. The fraction of sp³-hybridized carbons (Fsp3) is 0.750. The van der Waals surface area contributed by atoms with Gasteiger partial charge in [0.1, 0.15) is 0 Å². The number of rotatable bonds is 14. The van der Waals surface area contributed by atoms with Gasteiger partial charge in [0.25, 0.3) is 0 Å². The molecule has 8 atom stereocenters. The average molecular weight is 439 g/mol. The van der Waals surface area contributed by atoms with Crippen LogP contribution in [0, 0.1) is 47.3 Å². The Balaban J connectivity index is 1.90. The van der Waals surface area contributed by atoms with Crippen molar-refractivity contribution in [2.45, 2.75) is 105 Å². The van der Waals surface area contributed by atoms with Gasteiger partial charge in [0, 0.05) is 0 Å². The maximum Gasteiger partial charge on any atom is -0.00559 e. The van der Waals surface area contributed by atoms with Gasteiger partial charge in [-0.25, -0.2) is 0 Å². The van der Waals surface area contributed by atoms with E-state index in [4.69, 9.17) is 0 Å². The number of hydrogen-bond acceptors (Lipinski definition) is 0. The molecule has 0 aromatic rings. The van der Waals surface area contributed by atoms with Crippen molar-refractivity contribution < 1.29 is 0 Å². The predicted octanol–water partition coefficient (Wildman–Crippen LogP) is 10.2. The molecule has 182 valence electrons. The van der Waals surface area contributed by atoms with E-state index in [2.05, 4.69) is 78.2 Å². The summed E-state index contributed by atoms with van der Waals surface area (Å²) < 4.78 is 0. The van der Waals surface area contributed by atoms with Crippen molar-refractivity contribution in [1.29, 1.82) is 0 Å². The van der Waals surface area contributed by atoms with Gasteiger partial charge >= 0.3 is 0 Å². The van der Waals surface area contributed by atoms with Crippen molar-refractivity contribution in [3.63, 3.8) is 0 Å². The lowest BCUT2D eigenvalue weighted by Crippen LogP contribution is -2.23. The lowest BCUT2D eigenvalue weighted by atomic mass is 9.70. The minimum atomic E-state index is 0.607. The van der Waals surface area contributed by atoms with Crippen LogP contribution in [0.1, 0.15) is 105 Å². The molecular weight excluding hydrogens is 384 g/mol. The molecule has 0 spiro atoms. The van der Waals surface area contributed by atoms with Crippen LogP contribution in [0.2, 0.25) is 0 Å². The summed E-state index contributed by atoms with van der Waals surface area (Å²) in [4.78, 5) is 0. The Labute approximate surface area is 201 Å². The van der Waals surface area contributed by atoms with E-state index in [0.29, 0.717) is 11.8 Å². The summed E-state index contributed by atoms with van der Waals surface area (Å²) >= 11 is 0. The van der Waals surface area contributed by atoms with E-state index in [1.165, 1.54) is 70.6 Å². The van der Waals surface area contributed by atoms with E-state index >= 15 is 0 Å². The molecule has 0 aromatic carbocycles. The Morgan fingerprint density at radius 3 is 2.16 bits per heavy atom. The van der Waals surface area contributed by atoms with Gasteiger partial charge in [0.05, 0.1) is 0 Å². The molecule has 2 rings (SSSR count). The lowest BCUT2D eigenvalue weighted by molar-refractivity contribution is 0.293. The summed E-state index contributed by atoms with van der Waals surface area (Å²) in [5, 5.41) is 0. The second kappa shape index (κ2) is 14.3. The molecule has 0 saturated carbocycles. The molecule has 0 bridgehead atoms. The first-order valence-electron chi connectivity index (χ1n) is 14.0. The highest BCUT2D eigenvalue weighted by molar-refractivity contribution is 5.17. The molecule has 0 fully saturated rings. The zero-order valence-corrected chi connectivity index (χ0v) is 22.2. The Hall–Kier alpha value is -1.04. The van der Waals surface area contributed by atoms with Crippen LogP contribution >= 0.6 is 0 Å². The summed E-state index contributed by atoms with van der Waals surface area (Å²) in [6, 6.07) is 0. The van der Waals surface area contributed by atoms with Crippen molar-refractivity contribution in [3.05, 3.63) is 49.1 Å². The zero-order chi connectivity index (χ0) is 23.5. The highest BCUT2D eigenvalue weighted by atomic mass is 14.3. The molecule has 0 heteroatoms. The Morgan fingerprint density at radius 2 is 1.56 bits per heavy atom. The van der Waals surface area contributed by atoms with Crippen molar-refractivity contribution in [3.8, 4) is 0 Å². The third-order valence-corrected chi connectivity index (χ3v) is 8.88. The standard InChI is InChI=1S/C32H54/c1-8-11-29-20-21-31(30-18-16-28(10-3)17-19-30)23-32(29)22-25(5)13-15-27(7)26(6)14-12-24(4)9-2/h9-10,16,18,23-31H,2-3,8,11-15,17,19-22H2,1,4-7H3. The van der Waals surface area contributed by atoms with Gasteiger partial charge in [-0.1, -0.05) is 89.8 Å². The fourth-order valence-corrected chi connectivity index (χ4v) is 6.00. The van der Waals surface area contributed by atoms with Crippen molar-refractivity contribution in [2.75, 3.05) is 0 Å². The maximum atomic E-state index is 3.99. The summed E-state index contributed by atoms with van der Waals surface area (Å²) in [6.45, 7) is 20.1. The van der Waals surface area contributed by atoms with Crippen LogP contribution in [-0.2, 0) is 0 Å². The summed E-state index contributed by atoms with van der Waals surface area (Å²) in [7, 11) is 0. The average Bonchev–Trinajstić information content (AvgIpc) is 2.81. The molecule has 0 nitrogen and oxygen atoms in total. The van der Waals surface area contributed by atoms with Gasteiger partial charge in [-0.3, -0.25) is 0 Å². The highest BCUT2D eigenvalue weighted by Gasteiger charge is 2.28.